The fourth-order valence-electron chi connectivity index (χ4n) is 3.64. The lowest BCUT2D eigenvalue weighted by molar-refractivity contribution is 0.0523. The smallest absolute Gasteiger partial charge is 0.350 e. The van der Waals surface area contributed by atoms with Crippen molar-refractivity contribution in [2.24, 2.45) is 0 Å². The van der Waals surface area contributed by atoms with E-state index in [4.69, 9.17) is 14.2 Å². The van der Waals surface area contributed by atoms with Crippen LogP contribution in [0.3, 0.4) is 0 Å². The summed E-state index contributed by atoms with van der Waals surface area (Å²) >= 11 is 1.21. The normalized spacial score (nSPS) is 13.9. The summed E-state index contributed by atoms with van der Waals surface area (Å²) in [7, 11) is 1.30. The summed E-state index contributed by atoms with van der Waals surface area (Å²) in [6.07, 6.45) is -0.243. The molecule has 3 aromatic rings. The molecule has 0 aliphatic carbocycles. The number of urea groups is 1. The third-order valence-corrected chi connectivity index (χ3v) is 6.38. The minimum absolute atomic E-state index is 0.243. The number of nitrogens with one attached hydrogen (secondary N) is 1. The molecule has 1 atom stereocenters. The topological polar surface area (TPSA) is 77.1 Å². The maximum atomic E-state index is 13.4. The first-order valence-electron chi connectivity index (χ1n) is 10.8. The lowest BCUT2D eigenvalue weighted by Crippen LogP contribution is -2.36. The van der Waals surface area contributed by atoms with Crippen molar-refractivity contribution in [3.05, 3.63) is 81.3 Å². The molecule has 178 valence electrons. The number of nitrogens with zero attached hydrogens (tertiary/aromatic N) is 1. The summed E-state index contributed by atoms with van der Waals surface area (Å²) in [5.74, 6) is -0.0793. The third kappa shape index (κ3) is 5.55. The van der Waals surface area contributed by atoms with Crippen LogP contribution in [0, 0.1) is 5.82 Å². The molecule has 0 unspecified atom stereocenters. The van der Waals surface area contributed by atoms with Crippen molar-refractivity contribution in [2.45, 2.75) is 26.2 Å². The number of hydrogen-bond donors (Lipinski definition) is 1. The fourth-order valence-corrected chi connectivity index (χ4v) is 4.40. The van der Waals surface area contributed by atoms with Gasteiger partial charge in [0.15, 0.2) is 0 Å². The van der Waals surface area contributed by atoms with Crippen LogP contribution in [-0.4, -0.2) is 37.2 Å². The second-order valence-corrected chi connectivity index (χ2v) is 8.72. The molecule has 9 heteroatoms. The highest BCUT2D eigenvalue weighted by atomic mass is 32.1. The summed E-state index contributed by atoms with van der Waals surface area (Å²) in [6, 6.07) is 13.4. The summed E-state index contributed by atoms with van der Waals surface area (Å²) in [6.45, 7) is 3.28. The highest BCUT2D eigenvalue weighted by Gasteiger charge is 2.23. The molecule has 0 radical (unpaired) electrons. The Morgan fingerprint density at radius 3 is 2.88 bits per heavy atom. The zero-order valence-electron chi connectivity index (χ0n) is 18.9. The number of fused-ring (bicyclic) bond motifs is 1. The molecule has 2 heterocycles. The Hall–Kier alpha value is -3.43. The van der Waals surface area contributed by atoms with Crippen LogP contribution < -0.4 is 10.1 Å². The average Bonchev–Trinajstić information content (AvgIpc) is 3.18. The Kier molecular flexibility index (Phi) is 7.44. The van der Waals surface area contributed by atoms with Crippen LogP contribution in [0.2, 0.25) is 0 Å². The van der Waals surface area contributed by atoms with E-state index in [1.165, 1.54) is 30.6 Å². The van der Waals surface area contributed by atoms with Crippen LogP contribution in [0.5, 0.6) is 5.75 Å². The molecule has 2 aromatic carbocycles. The molecule has 1 N–H and O–H groups in total. The number of ether oxygens (including phenoxy) is 3. The predicted octanol–water partition coefficient (Wildman–Crippen LogP) is 5.38. The monoisotopic (exact) mass is 484 g/mol. The number of halogens is 1. The number of hydrogen-bond acceptors (Lipinski definition) is 6. The minimum Gasteiger partial charge on any atom is -0.491 e. The summed E-state index contributed by atoms with van der Waals surface area (Å²) in [5.41, 5.74) is 2.95. The largest absolute Gasteiger partial charge is 0.491 e. The van der Waals surface area contributed by atoms with E-state index >= 15 is 0 Å². The Bertz CT molecular complexity index is 1180. The van der Waals surface area contributed by atoms with Gasteiger partial charge in [-0.2, -0.15) is 0 Å². The van der Waals surface area contributed by atoms with Crippen molar-refractivity contribution in [1.29, 1.82) is 0 Å². The van der Waals surface area contributed by atoms with Crippen LogP contribution >= 0.6 is 11.3 Å². The first-order chi connectivity index (χ1) is 16.4. The third-order valence-electron chi connectivity index (χ3n) is 5.49. The number of anilines is 1. The second kappa shape index (κ2) is 10.7. The van der Waals surface area contributed by atoms with Gasteiger partial charge in [0.05, 0.1) is 38.6 Å². The maximum absolute atomic E-state index is 13.4. The van der Waals surface area contributed by atoms with Gasteiger partial charge in [-0.25, -0.2) is 14.0 Å². The fraction of sp³-hybridized carbons (Fsp3) is 0.280. The van der Waals surface area contributed by atoms with Gasteiger partial charge in [-0.05, 0) is 53.8 Å². The van der Waals surface area contributed by atoms with Crippen LogP contribution in [0.4, 0.5) is 14.9 Å². The van der Waals surface area contributed by atoms with Gasteiger partial charge in [0.1, 0.15) is 23.1 Å². The molecule has 1 aliphatic rings. The van der Waals surface area contributed by atoms with Gasteiger partial charge in [0.2, 0.25) is 0 Å². The molecule has 0 bridgehead atoms. The van der Waals surface area contributed by atoms with Crippen molar-refractivity contribution >= 4 is 29.0 Å². The quantitative estimate of drug-likeness (QED) is 0.476. The van der Waals surface area contributed by atoms with Gasteiger partial charge in [-0.1, -0.05) is 18.2 Å². The van der Waals surface area contributed by atoms with Gasteiger partial charge in [0.25, 0.3) is 0 Å². The van der Waals surface area contributed by atoms with Gasteiger partial charge in [-0.15, -0.1) is 11.3 Å². The SMILES string of the molecule is COC(=O)c1sccc1NC(=O)N1CCOc2ccc([C@@H](C)OCc3cccc(F)c3)cc2C1. The van der Waals surface area contributed by atoms with E-state index in [9.17, 15) is 14.0 Å². The van der Waals surface area contributed by atoms with Gasteiger partial charge in [-0.3, -0.25) is 0 Å². The summed E-state index contributed by atoms with van der Waals surface area (Å²) in [5, 5.41) is 4.52. The molecule has 0 spiro atoms. The van der Waals surface area contributed by atoms with Crippen molar-refractivity contribution in [2.75, 3.05) is 25.6 Å². The molecule has 2 amide bonds. The Morgan fingerprint density at radius 1 is 1.24 bits per heavy atom. The summed E-state index contributed by atoms with van der Waals surface area (Å²) in [4.78, 5) is 26.8. The van der Waals surface area contributed by atoms with Gasteiger partial charge < -0.3 is 24.4 Å². The lowest BCUT2D eigenvalue weighted by Gasteiger charge is -2.21. The number of methoxy groups -OCH3 is 1. The molecular formula is C25H25FN2O5S. The standard InChI is InChI=1S/C25H25FN2O5S/c1-16(33-15-17-4-3-5-20(26)12-17)18-6-7-22-19(13-18)14-28(9-10-32-22)25(30)27-21-8-11-34-23(21)24(29)31-2/h3-8,11-13,16H,9-10,14-15H2,1-2H3,(H,27,30)/t16-/m1/s1. The van der Waals surface area contributed by atoms with Gasteiger partial charge in [0, 0.05) is 5.56 Å². The number of thiophene rings is 1. The zero-order valence-corrected chi connectivity index (χ0v) is 19.7. The predicted molar refractivity (Wildman–Crippen MR) is 127 cm³/mol. The number of amides is 2. The van der Waals surface area contributed by atoms with E-state index in [0.29, 0.717) is 36.0 Å². The van der Waals surface area contributed by atoms with Gasteiger partial charge >= 0.3 is 12.0 Å². The first-order valence-corrected chi connectivity index (χ1v) is 11.7. The number of esters is 1. The van der Waals surface area contributed by atoms with E-state index in [0.717, 1.165) is 16.7 Å². The van der Waals surface area contributed by atoms with E-state index in [-0.39, 0.29) is 24.6 Å². The molecule has 1 aliphatic heterocycles. The molecule has 0 saturated heterocycles. The molecule has 4 rings (SSSR count). The minimum atomic E-state index is -0.494. The Balaban J connectivity index is 1.44. The highest BCUT2D eigenvalue weighted by molar-refractivity contribution is 7.12. The average molecular weight is 485 g/mol. The van der Waals surface area contributed by atoms with E-state index in [1.807, 2.05) is 31.2 Å². The molecule has 1 aromatic heterocycles. The molecule has 34 heavy (non-hydrogen) atoms. The van der Waals surface area contributed by atoms with Crippen LogP contribution in [0.25, 0.3) is 0 Å². The molecular weight excluding hydrogens is 459 g/mol. The van der Waals surface area contributed by atoms with E-state index in [2.05, 4.69) is 5.32 Å². The highest BCUT2D eigenvalue weighted by Crippen LogP contribution is 2.29. The Labute approximate surface area is 201 Å². The Morgan fingerprint density at radius 2 is 2.09 bits per heavy atom. The second-order valence-electron chi connectivity index (χ2n) is 7.81. The maximum Gasteiger partial charge on any atom is 0.350 e. The number of carbonyl (C=O) groups excluding carboxylic acids is 2. The molecule has 7 nitrogen and oxygen atoms in total. The number of carbonyl (C=O) groups is 2. The van der Waals surface area contributed by atoms with Crippen LogP contribution in [-0.2, 0) is 22.6 Å². The van der Waals surface area contributed by atoms with Crippen LogP contribution in [0.1, 0.15) is 39.4 Å². The van der Waals surface area contributed by atoms with Crippen molar-refractivity contribution in [3.8, 4) is 5.75 Å². The van der Waals surface area contributed by atoms with E-state index in [1.54, 1.807) is 22.4 Å². The first kappa shape index (κ1) is 23.7. The molecule has 0 fully saturated rings. The zero-order chi connectivity index (χ0) is 24.1. The molecule has 0 saturated carbocycles. The lowest BCUT2D eigenvalue weighted by atomic mass is 10.1. The van der Waals surface area contributed by atoms with Crippen molar-refractivity contribution in [1.82, 2.24) is 4.90 Å². The van der Waals surface area contributed by atoms with Crippen molar-refractivity contribution in [3.63, 3.8) is 0 Å². The van der Waals surface area contributed by atoms with Crippen molar-refractivity contribution < 1.29 is 28.2 Å². The number of benzene rings is 2. The van der Waals surface area contributed by atoms with Crippen LogP contribution in [0.15, 0.2) is 53.9 Å². The van der Waals surface area contributed by atoms with E-state index < -0.39 is 5.97 Å². The summed E-state index contributed by atoms with van der Waals surface area (Å²) < 4.78 is 30.0. The number of rotatable bonds is 6.